The van der Waals surface area contributed by atoms with Gasteiger partial charge in [-0.15, -0.1) is 0 Å². The molecule has 5 rings (SSSR count). The van der Waals surface area contributed by atoms with Crippen molar-refractivity contribution in [2.45, 2.75) is 44.0 Å². The molecule has 2 fully saturated rings. The van der Waals surface area contributed by atoms with Gasteiger partial charge in [-0.2, -0.15) is 13.2 Å². The Hall–Kier alpha value is -3.54. The number of anilines is 1. The fourth-order valence-electron chi connectivity index (χ4n) is 4.89. The number of pyridine rings is 2. The third-order valence-corrected chi connectivity index (χ3v) is 7.09. The fraction of sp³-hybridized carbons (Fsp3) is 0.400. The Kier molecular flexibility index (Phi) is 5.97. The van der Waals surface area contributed by atoms with Gasteiger partial charge in [0.25, 0.3) is 5.91 Å². The molecule has 2 N–H and O–H groups in total. The predicted molar refractivity (Wildman–Crippen MR) is 125 cm³/mol. The Morgan fingerprint density at radius 3 is 2.68 bits per heavy atom. The van der Waals surface area contributed by atoms with Crippen LogP contribution < -0.4 is 15.6 Å². The molecule has 196 valence electrons. The van der Waals surface area contributed by atoms with Crippen LogP contribution in [0.2, 0.25) is 0 Å². The fourth-order valence-corrected chi connectivity index (χ4v) is 4.89. The second-order valence-corrected chi connectivity index (χ2v) is 9.57. The first-order chi connectivity index (χ1) is 17.4. The third-order valence-electron chi connectivity index (χ3n) is 7.09. The van der Waals surface area contributed by atoms with Crippen LogP contribution in [0.15, 0.2) is 41.3 Å². The molecule has 2 aliphatic rings. The summed E-state index contributed by atoms with van der Waals surface area (Å²) >= 11 is 0. The zero-order chi connectivity index (χ0) is 26.7. The van der Waals surface area contributed by atoms with Gasteiger partial charge in [0.2, 0.25) is 5.43 Å². The maximum atomic E-state index is 14.8. The van der Waals surface area contributed by atoms with E-state index in [2.05, 4.69) is 4.98 Å². The number of amides is 1. The smallest absolute Gasteiger partial charge is 0.388 e. The van der Waals surface area contributed by atoms with Gasteiger partial charge in [-0.25, -0.2) is 13.8 Å². The van der Waals surface area contributed by atoms with E-state index in [0.717, 1.165) is 29.3 Å². The lowest BCUT2D eigenvalue weighted by Gasteiger charge is -2.31. The van der Waals surface area contributed by atoms with Crippen LogP contribution in [0.4, 0.5) is 27.8 Å². The number of benzene rings is 1. The van der Waals surface area contributed by atoms with E-state index in [9.17, 15) is 36.6 Å². The Balaban J connectivity index is 1.65. The van der Waals surface area contributed by atoms with Gasteiger partial charge >= 0.3 is 6.18 Å². The number of nitrogens with zero attached hydrogens (tertiary/aromatic N) is 3. The molecule has 37 heavy (non-hydrogen) atoms. The molecule has 2 aromatic heterocycles. The van der Waals surface area contributed by atoms with Gasteiger partial charge in [-0.1, -0.05) is 6.92 Å². The lowest BCUT2D eigenvalue weighted by molar-refractivity contribution is -0.153. The predicted octanol–water partition coefficient (Wildman–Crippen LogP) is 3.70. The number of hydrogen-bond acceptors (Lipinski definition) is 5. The van der Waals surface area contributed by atoms with E-state index in [1.165, 1.54) is 19.1 Å². The lowest BCUT2D eigenvalue weighted by atomic mass is 10.1. The number of piperidine rings is 1. The highest BCUT2D eigenvalue weighted by Gasteiger charge is 2.56. The van der Waals surface area contributed by atoms with Gasteiger partial charge in [0, 0.05) is 25.4 Å². The molecule has 1 saturated heterocycles. The second kappa shape index (κ2) is 8.79. The first-order valence-corrected chi connectivity index (χ1v) is 11.8. The van der Waals surface area contributed by atoms with Crippen LogP contribution in [0.5, 0.6) is 0 Å². The van der Waals surface area contributed by atoms with E-state index in [4.69, 9.17) is 0 Å². The molecule has 12 heteroatoms. The standard InChI is InChI=1S/C25H23F5N4O3/c1-2-19(25(28,29)30)31-23(36)16-11-34(18-5-3-14(26)9-17(18)27)22-15(21(16)35)4-6-20(32-22)33-8-7-13-10-24(13,37)12-33/h3-6,9,11,13,19,37H,2,7-8,10,12H2,1H3,(H,31,36)/t13?,19-,24?/m1/s1. The summed E-state index contributed by atoms with van der Waals surface area (Å²) in [6, 6.07) is 3.32. The lowest BCUT2D eigenvalue weighted by Crippen LogP contribution is -2.46. The summed E-state index contributed by atoms with van der Waals surface area (Å²) in [7, 11) is 0. The van der Waals surface area contributed by atoms with Gasteiger partial charge in [0.15, 0.2) is 5.65 Å². The number of aliphatic hydroxyl groups is 1. The minimum atomic E-state index is -4.74. The molecular weight excluding hydrogens is 499 g/mol. The zero-order valence-corrected chi connectivity index (χ0v) is 19.6. The van der Waals surface area contributed by atoms with Crippen LogP contribution in [-0.2, 0) is 0 Å². The van der Waals surface area contributed by atoms with E-state index < -0.39 is 52.8 Å². The molecule has 1 aromatic carbocycles. The van der Waals surface area contributed by atoms with Gasteiger partial charge in [-0.3, -0.25) is 14.2 Å². The molecule has 1 amide bonds. The monoisotopic (exact) mass is 522 g/mol. The number of carbonyl (C=O) groups is 1. The first-order valence-electron chi connectivity index (χ1n) is 11.8. The quantitative estimate of drug-likeness (QED) is 0.500. The minimum Gasteiger partial charge on any atom is -0.388 e. The van der Waals surface area contributed by atoms with E-state index in [1.807, 2.05) is 10.2 Å². The van der Waals surface area contributed by atoms with Gasteiger partial charge in [-0.05, 0) is 49.4 Å². The van der Waals surface area contributed by atoms with Crippen molar-refractivity contribution in [3.05, 3.63) is 63.9 Å². The van der Waals surface area contributed by atoms with Crippen molar-refractivity contribution in [2.75, 3.05) is 18.0 Å². The van der Waals surface area contributed by atoms with Gasteiger partial charge in [0.05, 0.1) is 16.7 Å². The van der Waals surface area contributed by atoms with E-state index in [1.54, 1.807) is 0 Å². The summed E-state index contributed by atoms with van der Waals surface area (Å²) in [4.78, 5) is 32.3. The molecule has 3 atom stereocenters. The second-order valence-electron chi connectivity index (χ2n) is 9.57. The Labute approximate surface area is 207 Å². The van der Waals surface area contributed by atoms with Crippen molar-refractivity contribution < 1.29 is 31.9 Å². The number of alkyl halides is 3. The van der Waals surface area contributed by atoms with Gasteiger partial charge in [0.1, 0.15) is 29.1 Å². The Morgan fingerprint density at radius 2 is 2.03 bits per heavy atom. The average molecular weight is 522 g/mol. The zero-order valence-electron chi connectivity index (χ0n) is 19.6. The van der Waals surface area contributed by atoms with E-state index in [-0.39, 0.29) is 22.6 Å². The number of rotatable bonds is 5. The van der Waals surface area contributed by atoms with Crippen molar-refractivity contribution in [1.82, 2.24) is 14.9 Å². The summed E-state index contributed by atoms with van der Waals surface area (Å²) in [6.45, 7) is 2.15. The van der Waals surface area contributed by atoms with Crippen LogP contribution >= 0.6 is 0 Å². The number of aromatic nitrogens is 2. The summed E-state index contributed by atoms with van der Waals surface area (Å²) < 4.78 is 69.2. The Bertz CT molecular complexity index is 1460. The highest BCUT2D eigenvalue weighted by Crippen LogP contribution is 2.49. The number of hydrogen-bond donors (Lipinski definition) is 2. The Morgan fingerprint density at radius 1 is 1.27 bits per heavy atom. The topological polar surface area (TPSA) is 87.5 Å². The normalized spacial score (nSPS) is 22.0. The summed E-state index contributed by atoms with van der Waals surface area (Å²) in [5, 5.41) is 12.2. The number of carbonyl (C=O) groups excluding carboxylic acids is 1. The van der Waals surface area contributed by atoms with Crippen molar-refractivity contribution in [3.8, 4) is 5.69 Å². The molecular formula is C25H23F5N4O3. The van der Waals surface area contributed by atoms with E-state index >= 15 is 0 Å². The minimum absolute atomic E-state index is 0.0719. The molecule has 1 saturated carbocycles. The van der Waals surface area contributed by atoms with Crippen molar-refractivity contribution in [2.24, 2.45) is 5.92 Å². The van der Waals surface area contributed by atoms with Gasteiger partial charge < -0.3 is 15.3 Å². The van der Waals surface area contributed by atoms with Crippen molar-refractivity contribution >= 4 is 22.8 Å². The van der Waals surface area contributed by atoms with E-state index in [0.29, 0.717) is 31.4 Å². The summed E-state index contributed by atoms with van der Waals surface area (Å²) in [6.07, 6.45) is -2.86. The average Bonchev–Trinajstić information content (AvgIpc) is 3.52. The molecule has 3 aromatic rings. The number of halogens is 5. The molecule has 0 radical (unpaired) electrons. The van der Waals surface area contributed by atoms with Crippen molar-refractivity contribution in [1.29, 1.82) is 0 Å². The molecule has 2 unspecified atom stereocenters. The molecule has 0 spiro atoms. The first kappa shape index (κ1) is 25.1. The summed E-state index contributed by atoms with van der Waals surface area (Å²) in [5.41, 5.74) is -2.68. The molecule has 1 aliphatic carbocycles. The molecule has 3 heterocycles. The largest absolute Gasteiger partial charge is 0.408 e. The maximum absolute atomic E-state index is 14.8. The highest BCUT2D eigenvalue weighted by molar-refractivity contribution is 5.97. The summed E-state index contributed by atoms with van der Waals surface area (Å²) in [5.74, 6) is -2.56. The van der Waals surface area contributed by atoms with Crippen LogP contribution in [0, 0.1) is 17.6 Å². The van der Waals surface area contributed by atoms with Crippen molar-refractivity contribution in [3.63, 3.8) is 0 Å². The maximum Gasteiger partial charge on any atom is 0.408 e. The van der Waals surface area contributed by atoms with Crippen LogP contribution in [0.25, 0.3) is 16.7 Å². The van der Waals surface area contributed by atoms with Crippen LogP contribution in [0.1, 0.15) is 36.5 Å². The molecule has 1 aliphatic heterocycles. The van der Waals surface area contributed by atoms with Crippen LogP contribution in [0.3, 0.4) is 0 Å². The molecule has 7 nitrogen and oxygen atoms in total. The molecule has 0 bridgehead atoms. The number of β-amino-alcohol motifs (C(OH)–C–C–N with tert-alkyl or cyclic N) is 1. The number of nitrogens with one attached hydrogen (secondary N) is 1. The highest BCUT2D eigenvalue weighted by atomic mass is 19.4. The SMILES string of the molecule is CC[C@@H](NC(=O)c1cn(-c2ccc(F)cc2F)c2nc(N3CCC4CC4(O)C3)ccc2c1=O)C(F)(F)F. The third kappa shape index (κ3) is 4.54. The van der Waals surface area contributed by atoms with Crippen LogP contribution in [-0.4, -0.2) is 51.5 Å². The number of fused-ring (bicyclic) bond motifs is 2.